The van der Waals surface area contributed by atoms with Crippen LogP contribution >= 0.6 is 0 Å². The molecule has 0 unspecified atom stereocenters. The Labute approximate surface area is 144 Å². The molecule has 0 aliphatic heterocycles. The molecule has 92 valence electrons. The summed E-state index contributed by atoms with van der Waals surface area (Å²) in [5.74, 6) is 0. The summed E-state index contributed by atoms with van der Waals surface area (Å²) in [6.45, 7) is 0. The van der Waals surface area contributed by atoms with Crippen molar-refractivity contribution in [3.63, 3.8) is 0 Å². The number of hydrogen-bond donors (Lipinski definition) is 0. The summed E-state index contributed by atoms with van der Waals surface area (Å²) in [6.07, 6.45) is 5.95. The van der Waals surface area contributed by atoms with Gasteiger partial charge < -0.3 is 32.4 Å². The first kappa shape index (κ1) is 29.9. The zero-order valence-electron chi connectivity index (χ0n) is 9.58. The van der Waals surface area contributed by atoms with E-state index in [4.69, 9.17) is 0 Å². The molecule has 9 heteroatoms. The van der Waals surface area contributed by atoms with Crippen molar-refractivity contribution >= 4 is 10.9 Å². The Morgan fingerprint density at radius 2 is 1.59 bits per heavy atom. The quantitative estimate of drug-likeness (QED) is 0.365. The van der Waals surface area contributed by atoms with Crippen molar-refractivity contribution < 1.29 is 81.7 Å². The Morgan fingerprint density at radius 3 is 2.12 bits per heavy atom. The largest absolute Gasteiger partial charge is 0.595 e. The van der Waals surface area contributed by atoms with Gasteiger partial charge in [0.25, 0.3) is 0 Å². The monoisotopic (exact) mass is 1430 g/mol. The minimum Gasteiger partial charge on any atom is -0.595 e. The van der Waals surface area contributed by atoms with Gasteiger partial charge in [-0.2, -0.15) is 0 Å². The van der Waals surface area contributed by atoms with Gasteiger partial charge in [-0.05, 0) is 7.05 Å². The Balaban J connectivity index is -0.0000000800. The molecule has 0 fully saturated rings. The van der Waals surface area contributed by atoms with Crippen molar-refractivity contribution in [2.24, 2.45) is 14.1 Å². The first-order valence-electron chi connectivity index (χ1n) is 3.54. The van der Waals surface area contributed by atoms with Gasteiger partial charge in [0.2, 0.25) is 0 Å². The second kappa shape index (κ2) is 11.7. The third-order valence-electron chi connectivity index (χ3n) is 1.82. The summed E-state index contributed by atoms with van der Waals surface area (Å²) in [5.41, 5.74) is 1.17. The molecule has 0 saturated carbocycles. The van der Waals surface area contributed by atoms with Gasteiger partial charge in [0.15, 0.2) is 0 Å². The molecule has 0 aliphatic carbocycles. The number of aromatic nitrogens is 3. The normalized spacial score (nSPS) is 6.94. The third-order valence-corrected chi connectivity index (χ3v) is 1.82. The Kier molecular flexibility index (Phi) is 20.6. The molecule has 2 aromatic rings. The summed E-state index contributed by atoms with van der Waals surface area (Å²) >= 11 is 0. The number of aryl methyl sites for hydroxylation is 2. The summed E-state index contributed by atoms with van der Waals surface area (Å²) in [4.78, 5) is 0. The van der Waals surface area contributed by atoms with Crippen LogP contribution in [0.25, 0.3) is 10.9 Å². The van der Waals surface area contributed by atoms with Gasteiger partial charge in [-0.3, -0.25) is 6.20 Å². The van der Waals surface area contributed by atoms with Crippen molar-refractivity contribution in [2.45, 2.75) is 0 Å². The van der Waals surface area contributed by atoms with Gasteiger partial charge in [0.05, 0.1) is 0 Å². The van der Waals surface area contributed by atoms with Crippen molar-refractivity contribution in [2.75, 3.05) is 0 Å². The summed E-state index contributed by atoms with van der Waals surface area (Å²) in [6, 6.07) is 2.06. The number of pyridine rings is 1. The van der Waals surface area contributed by atoms with E-state index in [0.29, 0.717) is 0 Å². The summed E-state index contributed by atoms with van der Waals surface area (Å²) in [5, 5.41) is 5.32. The van der Waals surface area contributed by atoms with Gasteiger partial charge in [-0.1, -0.05) is 6.20 Å². The molecule has 0 spiro atoms. The molecule has 0 aliphatic rings. The van der Waals surface area contributed by atoms with Crippen LogP contribution in [0, 0.1) is 0 Å². The summed E-state index contributed by atoms with van der Waals surface area (Å²) in [7, 11) is 3.95. The predicted octanol–water partition coefficient (Wildman–Crippen LogP) is 1.18. The molecule has 2 aromatic heterocycles. The van der Waals surface area contributed by atoms with E-state index in [1.807, 2.05) is 35.7 Å². The minimum atomic E-state index is 0. The minimum absolute atomic E-state index is 0. The van der Waals surface area contributed by atoms with E-state index in [2.05, 4.69) is 17.4 Å². The molecule has 2 heterocycles. The van der Waals surface area contributed by atoms with Crippen LogP contribution in [0.5, 0.6) is 0 Å². The second-order valence-corrected chi connectivity index (χ2v) is 2.72. The predicted molar refractivity (Wildman–Crippen MR) is 44.1 cm³/mol. The average molecular weight is 1430 g/mol. The zero-order chi connectivity index (χ0) is 7.84. The molecule has 0 amide bonds. The van der Waals surface area contributed by atoms with Crippen LogP contribution in [0.4, 0.5) is 0 Å². The third kappa shape index (κ3) is 5.94. The van der Waals surface area contributed by atoms with E-state index in [9.17, 15) is 0 Å². The van der Waals surface area contributed by atoms with Gasteiger partial charge in [0.1, 0.15) is 0 Å². The molecule has 0 atom stereocenters. The van der Waals surface area contributed by atoms with Gasteiger partial charge in [0, 0.05) is 88.7 Å². The fraction of sp³-hybridized carbons (Fsp3) is 0.250. The molecule has 0 N–H and O–H groups in total. The van der Waals surface area contributed by atoms with Crippen LogP contribution in [-0.4, -0.2) is 14.3 Å². The topological polar surface area (TPSA) is 22.8 Å². The SMILES string of the molecule is Cn1[cH-][cH-]c2c(cnn2C)[cH-]1.[Re].[Re].[Re].[Re].[Rf].[Rf]. The molecule has 17 heavy (non-hydrogen) atoms. The van der Waals surface area contributed by atoms with E-state index < -0.39 is 0 Å². The van der Waals surface area contributed by atoms with Crippen LogP contribution in [0.15, 0.2) is 24.7 Å². The maximum Gasteiger partial charge on any atom is 0.00177 e. The fourth-order valence-corrected chi connectivity index (χ4v) is 1.22. The molecule has 0 aromatic carbocycles. The number of rotatable bonds is 0. The van der Waals surface area contributed by atoms with Crippen LogP contribution in [0.2, 0.25) is 0 Å². The molecular formula is C8H10N3Re4Rf2-3. The van der Waals surface area contributed by atoms with E-state index in [0.717, 1.165) is 0 Å². The Bertz CT molecular complexity index is 411. The van der Waals surface area contributed by atoms with E-state index in [1.54, 1.807) is 0 Å². The van der Waals surface area contributed by atoms with Crippen LogP contribution in [0.1, 0.15) is 0 Å². The van der Waals surface area contributed by atoms with Crippen molar-refractivity contribution in [1.29, 1.82) is 0 Å². The van der Waals surface area contributed by atoms with Crippen molar-refractivity contribution in [3.05, 3.63) is 24.7 Å². The van der Waals surface area contributed by atoms with E-state index in [1.165, 1.54) is 10.9 Å². The van der Waals surface area contributed by atoms with Crippen molar-refractivity contribution in [1.82, 2.24) is 14.3 Å². The summed E-state index contributed by atoms with van der Waals surface area (Å²) < 4.78 is 3.89. The number of fused-ring (bicyclic) bond motifs is 1. The second-order valence-electron chi connectivity index (χ2n) is 2.72. The molecule has 0 saturated heterocycles. The smallest absolute Gasteiger partial charge is 0.00177 e. The number of hydrogen-bond acceptors (Lipinski definition) is 1. The molecule has 3 nitrogen and oxygen atoms in total. The first-order chi connectivity index (χ1) is 5.27. The molecule has 4 radical (unpaired) electrons. The van der Waals surface area contributed by atoms with Crippen LogP contribution < -0.4 is 0 Å². The molecule has 0 bridgehead atoms. The van der Waals surface area contributed by atoms with Gasteiger partial charge in [-0.25, -0.2) is 5.10 Å². The average Bonchev–Trinajstić information content (AvgIpc) is 2.32. The van der Waals surface area contributed by atoms with Crippen molar-refractivity contribution in [3.8, 4) is 0 Å². The Hall–Kier alpha value is -0.731. The van der Waals surface area contributed by atoms with Gasteiger partial charge >= 0.3 is 0 Å². The Morgan fingerprint density at radius 1 is 1.06 bits per heavy atom. The maximum absolute atomic E-state index is 4.14. The molecule has 2 rings (SSSR count). The first-order valence-corrected chi connectivity index (χ1v) is 3.54. The van der Waals surface area contributed by atoms with E-state index in [-0.39, 0.29) is 81.7 Å². The maximum atomic E-state index is 4.14. The van der Waals surface area contributed by atoms with Crippen LogP contribution in [-0.2, 0) is 95.8 Å². The van der Waals surface area contributed by atoms with E-state index >= 15 is 0 Å². The van der Waals surface area contributed by atoms with Crippen LogP contribution in [0.3, 0.4) is 0 Å². The fourth-order valence-electron chi connectivity index (χ4n) is 1.22. The molecular weight excluding hydrogens is 1420 g/mol. The zero-order valence-corrected chi connectivity index (χ0v) is 33.2. The van der Waals surface area contributed by atoms with Gasteiger partial charge in [-0.15, -0.1) is 0 Å². The standard InChI is InChI=1S/C8H10N3.4Re.2Rf/c1-10-4-3-8-7(6-10)5-9-11(8)2;;;;;;/h3-6H,1-2H3;;;;;;/q-3;;;;;;. The number of nitrogens with zero attached hydrogens (tertiary/aromatic N) is 3.